The second kappa shape index (κ2) is 7.16. The van der Waals surface area contributed by atoms with Crippen LogP contribution in [0.15, 0.2) is 53.6 Å². The van der Waals surface area contributed by atoms with Crippen molar-refractivity contribution in [3.63, 3.8) is 0 Å². The van der Waals surface area contributed by atoms with Gasteiger partial charge in [-0.3, -0.25) is 14.7 Å². The van der Waals surface area contributed by atoms with Gasteiger partial charge in [0.25, 0.3) is 11.5 Å². The first-order chi connectivity index (χ1) is 13.6. The van der Waals surface area contributed by atoms with E-state index in [0.29, 0.717) is 34.0 Å². The molecule has 0 aliphatic heterocycles. The topological polar surface area (TPSA) is 104 Å². The Morgan fingerprint density at radius 3 is 2.64 bits per heavy atom. The van der Waals surface area contributed by atoms with Gasteiger partial charge >= 0.3 is 0 Å². The van der Waals surface area contributed by atoms with Crippen molar-refractivity contribution in [2.75, 3.05) is 0 Å². The highest BCUT2D eigenvalue weighted by molar-refractivity contribution is 5.94. The Bertz CT molecular complexity index is 1100. The second-order valence-electron chi connectivity index (χ2n) is 7.02. The van der Waals surface area contributed by atoms with Crippen LogP contribution < -0.4 is 10.9 Å². The summed E-state index contributed by atoms with van der Waals surface area (Å²) in [5.41, 5.74) is 1.93. The number of carbonyl (C=O) groups is 1. The third kappa shape index (κ3) is 3.45. The molecule has 0 bridgehead atoms. The molecule has 0 unspecified atom stereocenters. The number of H-pyrrole nitrogens is 1. The van der Waals surface area contributed by atoms with Crippen molar-refractivity contribution in [1.82, 2.24) is 20.1 Å². The zero-order valence-corrected chi connectivity index (χ0v) is 15.3. The zero-order chi connectivity index (χ0) is 19.7. The molecule has 140 valence electrons. The summed E-state index contributed by atoms with van der Waals surface area (Å²) in [7, 11) is 0. The lowest BCUT2D eigenvalue weighted by Gasteiger charge is -2.12. The van der Waals surface area contributed by atoms with Crippen molar-refractivity contribution in [2.24, 2.45) is 5.92 Å². The van der Waals surface area contributed by atoms with Crippen LogP contribution >= 0.6 is 0 Å². The van der Waals surface area contributed by atoms with Gasteiger partial charge in [-0.2, -0.15) is 5.26 Å². The number of hydrogen-bond donors (Lipinski definition) is 2. The molecule has 4 rings (SSSR count). The number of amides is 1. The van der Waals surface area contributed by atoms with Crippen LogP contribution in [0.4, 0.5) is 0 Å². The van der Waals surface area contributed by atoms with Crippen LogP contribution in [0, 0.1) is 17.2 Å². The molecule has 3 aromatic rings. The van der Waals surface area contributed by atoms with Gasteiger partial charge < -0.3 is 5.32 Å². The van der Waals surface area contributed by atoms with Crippen LogP contribution in [-0.4, -0.2) is 26.7 Å². The quantitative estimate of drug-likeness (QED) is 0.717. The Morgan fingerprint density at radius 2 is 2.04 bits per heavy atom. The van der Waals surface area contributed by atoms with Crippen LogP contribution in [0.3, 0.4) is 0 Å². The fourth-order valence-corrected chi connectivity index (χ4v) is 3.13. The van der Waals surface area contributed by atoms with Crippen LogP contribution in [0.5, 0.6) is 0 Å². The SMILES string of the molecule is C[C@H](NC(=O)c1ccc(-n2[nH]cc(-c3ccc(C#N)cc3)c2=O)nc1)C1CC1. The number of hydrogen-bond acceptors (Lipinski definition) is 4. The first-order valence-corrected chi connectivity index (χ1v) is 9.15. The van der Waals surface area contributed by atoms with Gasteiger partial charge in [-0.1, -0.05) is 12.1 Å². The number of aromatic amines is 1. The lowest BCUT2D eigenvalue weighted by atomic mass is 10.1. The monoisotopic (exact) mass is 373 g/mol. The minimum atomic E-state index is -0.253. The summed E-state index contributed by atoms with van der Waals surface area (Å²) in [6, 6.07) is 12.3. The summed E-state index contributed by atoms with van der Waals surface area (Å²) in [5, 5.41) is 14.8. The van der Waals surface area contributed by atoms with Crippen molar-refractivity contribution >= 4 is 5.91 Å². The first-order valence-electron chi connectivity index (χ1n) is 9.15. The van der Waals surface area contributed by atoms with E-state index in [2.05, 4.69) is 21.5 Å². The van der Waals surface area contributed by atoms with E-state index in [0.717, 1.165) is 12.8 Å². The molecule has 7 heteroatoms. The van der Waals surface area contributed by atoms with Gasteiger partial charge in [0.2, 0.25) is 0 Å². The number of rotatable bonds is 5. The average molecular weight is 373 g/mol. The molecule has 0 spiro atoms. The molecule has 1 fully saturated rings. The molecule has 0 saturated heterocycles. The summed E-state index contributed by atoms with van der Waals surface area (Å²) in [6.45, 7) is 2.01. The molecule has 1 saturated carbocycles. The molecule has 1 aliphatic rings. The van der Waals surface area contributed by atoms with E-state index >= 15 is 0 Å². The van der Waals surface area contributed by atoms with Gasteiger partial charge in [0.15, 0.2) is 5.82 Å². The fraction of sp³-hybridized carbons (Fsp3) is 0.238. The molecule has 0 radical (unpaired) electrons. The molecule has 2 N–H and O–H groups in total. The highest BCUT2D eigenvalue weighted by Crippen LogP contribution is 2.32. The van der Waals surface area contributed by atoms with Gasteiger partial charge in [0.1, 0.15) is 0 Å². The van der Waals surface area contributed by atoms with Crippen LogP contribution in [0.2, 0.25) is 0 Å². The third-order valence-electron chi connectivity index (χ3n) is 5.02. The predicted molar refractivity (Wildman–Crippen MR) is 104 cm³/mol. The van der Waals surface area contributed by atoms with E-state index in [1.54, 1.807) is 42.6 Å². The number of benzene rings is 1. The van der Waals surface area contributed by atoms with Gasteiger partial charge in [-0.25, -0.2) is 9.67 Å². The van der Waals surface area contributed by atoms with E-state index in [9.17, 15) is 9.59 Å². The number of nitriles is 1. The lowest BCUT2D eigenvalue weighted by Crippen LogP contribution is -2.34. The molecule has 1 amide bonds. The Hall–Kier alpha value is -3.66. The van der Waals surface area contributed by atoms with Gasteiger partial charge in [-0.05, 0) is 55.5 Å². The smallest absolute Gasteiger partial charge is 0.280 e. The summed E-state index contributed by atoms with van der Waals surface area (Å²) >= 11 is 0. The standard InChI is InChI=1S/C21H19N5O2/c1-13(15-6-7-15)25-20(27)17-8-9-19(23-11-17)26-21(28)18(12-24-26)16-4-2-14(10-22)3-5-16/h2-5,8-9,11-13,15,24H,6-7H2,1H3,(H,25,27)/t13-/m0/s1. The minimum absolute atomic E-state index is 0.157. The van der Waals surface area contributed by atoms with Crippen LogP contribution in [0.25, 0.3) is 16.9 Å². The molecule has 1 aliphatic carbocycles. The number of nitrogens with one attached hydrogen (secondary N) is 2. The van der Waals surface area contributed by atoms with Gasteiger partial charge in [0.05, 0.1) is 22.8 Å². The van der Waals surface area contributed by atoms with Crippen LogP contribution in [-0.2, 0) is 0 Å². The number of pyridine rings is 1. The Kier molecular flexibility index (Phi) is 4.53. The van der Waals surface area contributed by atoms with Crippen LogP contribution in [0.1, 0.15) is 35.7 Å². The van der Waals surface area contributed by atoms with E-state index < -0.39 is 0 Å². The molecule has 28 heavy (non-hydrogen) atoms. The third-order valence-corrected chi connectivity index (χ3v) is 5.02. The van der Waals surface area contributed by atoms with Gasteiger partial charge in [-0.15, -0.1) is 0 Å². The van der Waals surface area contributed by atoms with Crippen molar-refractivity contribution in [2.45, 2.75) is 25.8 Å². The fourth-order valence-electron chi connectivity index (χ4n) is 3.13. The Morgan fingerprint density at radius 1 is 1.29 bits per heavy atom. The zero-order valence-electron chi connectivity index (χ0n) is 15.3. The molecule has 2 heterocycles. The summed E-state index contributed by atoms with van der Waals surface area (Å²) in [4.78, 5) is 29.3. The average Bonchev–Trinajstić information content (AvgIpc) is 3.51. The van der Waals surface area contributed by atoms with E-state index in [-0.39, 0.29) is 17.5 Å². The maximum absolute atomic E-state index is 12.7. The molecule has 1 atom stereocenters. The van der Waals surface area contributed by atoms with Crippen molar-refractivity contribution < 1.29 is 4.79 Å². The van der Waals surface area contributed by atoms with Crippen molar-refractivity contribution in [3.8, 4) is 23.0 Å². The summed E-state index contributed by atoms with van der Waals surface area (Å²) in [5.74, 6) is 0.821. The lowest BCUT2D eigenvalue weighted by molar-refractivity contribution is 0.0935. The number of nitrogens with zero attached hydrogens (tertiary/aromatic N) is 3. The summed E-state index contributed by atoms with van der Waals surface area (Å²) < 4.78 is 1.32. The van der Waals surface area contributed by atoms with E-state index in [4.69, 9.17) is 5.26 Å². The van der Waals surface area contributed by atoms with Crippen molar-refractivity contribution in [1.29, 1.82) is 5.26 Å². The maximum Gasteiger partial charge on any atom is 0.280 e. The summed E-state index contributed by atoms with van der Waals surface area (Å²) in [6.07, 6.45) is 5.40. The van der Waals surface area contributed by atoms with Crippen molar-refractivity contribution in [3.05, 3.63) is 70.3 Å². The largest absolute Gasteiger partial charge is 0.349 e. The molecule has 2 aromatic heterocycles. The molecular weight excluding hydrogens is 354 g/mol. The maximum atomic E-state index is 12.7. The number of aromatic nitrogens is 3. The minimum Gasteiger partial charge on any atom is -0.349 e. The molecule has 1 aromatic carbocycles. The van der Waals surface area contributed by atoms with Gasteiger partial charge in [0, 0.05) is 18.4 Å². The second-order valence-corrected chi connectivity index (χ2v) is 7.02. The Labute approximate surface area is 161 Å². The molecule has 7 nitrogen and oxygen atoms in total. The Balaban J connectivity index is 1.54. The molecular formula is C21H19N5O2. The first kappa shape index (κ1) is 17.7. The van der Waals surface area contributed by atoms with E-state index in [1.807, 2.05) is 6.92 Å². The highest BCUT2D eigenvalue weighted by atomic mass is 16.2. The normalized spacial score (nSPS) is 14.3. The van der Waals surface area contributed by atoms with E-state index in [1.165, 1.54) is 10.9 Å². The predicted octanol–water partition coefficient (Wildman–Crippen LogP) is 2.63. The highest BCUT2D eigenvalue weighted by Gasteiger charge is 2.29. The number of carbonyl (C=O) groups excluding carboxylic acids is 1.